The Labute approximate surface area is 114 Å². The van der Waals surface area contributed by atoms with Gasteiger partial charge < -0.3 is 10.0 Å². The first-order valence-electron chi connectivity index (χ1n) is 6.61. The second-order valence-electron chi connectivity index (χ2n) is 5.21. The van der Waals surface area contributed by atoms with E-state index in [-0.39, 0.29) is 12.5 Å². The van der Waals surface area contributed by atoms with Crippen LogP contribution in [0.3, 0.4) is 0 Å². The van der Waals surface area contributed by atoms with Crippen molar-refractivity contribution in [1.82, 2.24) is 4.90 Å². The first-order chi connectivity index (χ1) is 9.11. The number of amides is 1. The molecule has 1 fully saturated rings. The predicted octanol–water partition coefficient (Wildman–Crippen LogP) is 1.76. The summed E-state index contributed by atoms with van der Waals surface area (Å²) in [5.74, 6) is 6.61. The Balaban J connectivity index is 2.16. The smallest absolute Gasteiger partial charge is 0.253 e. The summed E-state index contributed by atoms with van der Waals surface area (Å²) < 4.78 is 0. The van der Waals surface area contributed by atoms with Crippen molar-refractivity contribution in [3.8, 4) is 11.8 Å². The van der Waals surface area contributed by atoms with E-state index in [0.717, 1.165) is 18.7 Å². The average Bonchev–Trinajstić information content (AvgIpc) is 2.76. The van der Waals surface area contributed by atoms with Crippen LogP contribution in [0.1, 0.15) is 29.8 Å². The molecule has 0 saturated carbocycles. The zero-order valence-corrected chi connectivity index (χ0v) is 11.4. The van der Waals surface area contributed by atoms with Gasteiger partial charge in [-0.25, -0.2) is 0 Å². The number of hydrogen-bond donors (Lipinski definition) is 1. The van der Waals surface area contributed by atoms with Gasteiger partial charge in [0.25, 0.3) is 5.91 Å². The van der Waals surface area contributed by atoms with Gasteiger partial charge in [0.05, 0.1) is 0 Å². The van der Waals surface area contributed by atoms with E-state index in [1.807, 2.05) is 23.1 Å². The zero-order valence-electron chi connectivity index (χ0n) is 11.4. The molecule has 1 aromatic rings. The van der Waals surface area contributed by atoms with Crippen molar-refractivity contribution in [2.24, 2.45) is 11.8 Å². The fraction of sp³-hybridized carbons (Fsp3) is 0.438. The second kappa shape index (κ2) is 5.90. The maximum absolute atomic E-state index is 12.4. The normalized spacial score (nSPS) is 21.9. The number of aliphatic hydroxyl groups is 1. The van der Waals surface area contributed by atoms with Crippen LogP contribution >= 0.6 is 0 Å². The standard InChI is InChI=1S/C16H19NO2/c1-12-10-17(11-13(12)2)16(19)15-7-3-5-14(9-15)6-4-8-18/h3,5,7,9,12-13,18H,8,10-11H2,1-2H3. The van der Waals surface area contributed by atoms with Crippen LogP contribution in [-0.2, 0) is 0 Å². The summed E-state index contributed by atoms with van der Waals surface area (Å²) >= 11 is 0. The van der Waals surface area contributed by atoms with Crippen LogP contribution in [-0.4, -0.2) is 35.6 Å². The summed E-state index contributed by atoms with van der Waals surface area (Å²) in [6, 6.07) is 7.28. The maximum atomic E-state index is 12.4. The van der Waals surface area contributed by atoms with Crippen LogP contribution in [0.25, 0.3) is 0 Å². The summed E-state index contributed by atoms with van der Waals surface area (Å²) in [5.41, 5.74) is 1.44. The van der Waals surface area contributed by atoms with Crippen molar-refractivity contribution >= 4 is 5.91 Å². The van der Waals surface area contributed by atoms with E-state index < -0.39 is 0 Å². The van der Waals surface area contributed by atoms with Crippen molar-refractivity contribution in [2.45, 2.75) is 13.8 Å². The first kappa shape index (κ1) is 13.6. The number of carbonyl (C=O) groups excluding carboxylic acids is 1. The van der Waals surface area contributed by atoms with Crippen LogP contribution in [0.5, 0.6) is 0 Å². The topological polar surface area (TPSA) is 40.5 Å². The minimum atomic E-state index is -0.167. The van der Waals surface area contributed by atoms with Gasteiger partial charge in [0.2, 0.25) is 0 Å². The predicted molar refractivity (Wildman–Crippen MR) is 74.6 cm³/mol. The lowest BCUT2D eigenvalue weighted by Crippen LogP contribution is -2.28. The Morgan fingerprint density at radius 1 is 1.37 bits per heavy atom. The fourth-order valence-electron chi connectivity index (χ4n) is 2.35. The number of nitrogens with zero attached hydrogens (tertiary/aromatic N) is 1. The molecular weight excluding hydrogens is 238 g/mol. The van der Waals surface area contributed by atoms with Gasteiger partial charge in [0, 0.05) is 24.2 Å². The third-order valence-electron chi connectivity index (χ3n) is 3.70. The molecule has 19 heavy (non-hydrogen) atoms. The molecule has 0 aliphatic carbocycles. The third-order valence-corrected chi connectivity index (χ3v) is 3.70. The molecule has 3 nitrogen and oxygen atoms in total. The molecule has 1 aliphatic rings. The molecule has 1 amide bonds. The zero-order chi connectivity index (χ0) is 13.8. The highest BCUT2D eigenvalue weighted by molar-refractivity contribution is 5.94. The minimum absolute atomic E-state index is 0.0730. The van der Waals surface area contributed by atoms with E-state index in [4.69, 9.17) is 5.11 Å². The number of hydrogen-bond acceptors (Lipinski definition) is 2. The lowest BCUT2D eigenvalue weighted by Gasteiger charge is -2.16. The van der Waals surface area contributed by atoms with Crippen LogP contribution < -0.4 is 0 Å². The molecule has 1 N–H and O–H groups in total. The summed E-state index contributed by atoms with van der Waals surface area (Å²) in [6.45, 7) is 5.85. The lowest BCUT2D eigenvalue weighted by atomic mass is 10.0. The van der Waals surface area contributed by atoms with Crippen molar-refractivity contribution in [2.75, 3.05) is 19.7 Å². The highest BCUT2D eigenvalue weighted by Gasteiger charge is 2.29. The van der Waals surface area contributed by atoms with E-state index in [9.17, 15) is 4.79 Å². The van der Waals surface area contributed by atoms with Gasteiger partial charge in [0.15, 0.2) is 0 Å². The van der Waals surface area contributed by atoms with Crippen molar-refractivity contribution in [3.63, 3.8) is 0 Å². The minimum Gasteiger partial charge on any atom is -0.384 e. The van der Waals surface area contributed by atoms with E-state index >= 15 is 0 Å². The number of rotatable bonds is 1. The van der Waals surface area contributed by atoms with Gasteiger partial charge in [-0.3, -0.25) is 4.79 Å². The van der Waals surface area contributed by atoms with E-state index in [1.165, 1.54) is 0 Å². The Kier molecular flexibility index (Phi) is 4.24. The van der Waals surface area contributed by atoms with Crippen molar-refractivity contribution < 1.29 is 9.90 Å². The Bertz CT molecular complexity index is 517. The highest BCUT2D eigenvalue weighted by atomic mass is 16.2. The molecule has 0 radical (unpaired) electrons. The van der Waals surface area contributed by atoms with Gasteiger partial charge >= 0.3 is 0 Å². The van der Waals surface area contributed by atoms with Crippen LogP contribution in [0.15, 0.2) is 24.3 Å². The summed E-state index contributed by atoms with van der Waals surface area (Å²) in [4.78, 5) is 14.3. The molecule has 0 bridgehead atoms. The average molecular weight is 257 g/mol. The first-order valence-corrected chi connectivity index (χ1v) is 6.61. The monoisotopic (exact) mass is 257 g/mol. The molecular formula is C16H19NO2. The SMILES string of the molecule is CC1CN(C(=O)c2cccc(C#CCO)c2)CC1C. The fourth-order valence-corrected chi connectivity index (χ4v) is 2.35. The molecule has 1 saturated heterocycles. The van der Waals surface area contributed by atoms with Gasteiger partial charge in [-0.1, -0.05) is 31.8 Å². The van der Waals surface area contributed by atoms with Crippen molar-refractivity contribution in [3.05, 3.63) is 35.4 Å². The summed E-state index contributed by atoms with van der Waals surface area (Å²) in [5, 5.41) is 8.69. The number of carbonyl (C=O) groups is 1. The highest BCUT2D eigenvalue weighted by Crippen LogP contribution is 2.23. The number of benzene rings is 1. The van der Waals surface area contributed by atoms with Gasteiger partial charge in [-0.05, 0) is 30.0 Å². The Hall–Kier alpha value is -1.79. The summed E-state index contributed by atoms with van der Waals surface area (Å²) in [7, 11) is 0. The Morgan fingerprint density at radius 2 is 2.05 bits per heavy atom. The molecule has 1 heterocycles. The van der Waals surface area contributed by atoms with Gasteiger partial charge in [-0.15, -0.1) is 0 Å². The number of likely N-dealkylation sites (tertiary alicyclic amines) is 1. The molecule has 2 rings (SSSR count). The molecule has 0 aromatic heterocycles. The Morgan fingerprint density at radius 3 is 2.68 bits per heavy atom. The molecule has 2 unspecified atom stereocenters. The lowest BCUT2D eigenvalue weighted by molar-refractivity contribution is 0.0785. The molecule has 100 valence electrons. The molecule has 3 heteroatoms. The molecule has 2 atom stereocenters. The third kappa shape index (κ3) is 3.15. The largest absolute Gasteiger partial charge is 0.384 e. The quantitative estimate of drug-likeness (QED) is 0.779. The van der Waals surface area contributed by atoms with Crippen LogP contribution in [0.2, 0.25) is 0 Å². The molecule has 1 aromatic carbocycles. The van der Waals surface area contributed by atoms with E-state index in [1.54, 1.807) is 6.07 Å². The van der Waals surface area contributed by atoms with E-state index in [0.29, 0.717) is 17.4 Å². The van der Waals surface area contributed by atoms with Crippen LogP contribution in [0, 0.1) is 23.7 Å². The number of aliphatic hydroxyl groups excluding tert-OH is 1. The van der Waals surface area contributed by atoms with Crippen LogP contribution in [0.4, 0.5) is 0 Å². The van der Waals surface area contributed by atoms with Crippen molar-refractivity contribution in [1.29, 1.82) is 0 Å². The van der Waals surface area contributed by atoms with Gasteiger partial charge in [0.1, 0.15) is 6.61 Å². The second-order valence-corrected chi connectivity index (χ2v) is 5.21. The van der Waals surface area contributed by atoms with Gasteiger partial charge in [-0.2, -0.15) is 0 Å². The molecule has 1 aliphatic heterocycles. The van der Waals surface area contributed by atoms with E-state index in [2.05, 4.69) is 25.7 Å². The summed E-state index contributed by atoms with van der Waals surface area (Å²) in [6.07, 6.45) is 0. The molecule has 0 spiro atoms. The maximum Gasteiger partial charge on any atom is 0.253 e.